The van der Waals surface area contributed by atoms with Crippen LogP contribution in [0.25, 0.3) is 11.3 Å². The van der Waals surface area contributed by atoms with Gasteiger partial charge >= 0.3 is 0 Å². The Labute approximate surface area is 123 Å². The summed E-state index contributed by atoms with van der Waals surface area (Å²) >= 11 is 0. The first-order valence-electron chi connectivity index (χ1n) is 7.26. The van der Waals surface area contributed by atoms with Gasteiger partial charge in [-0.15, -0.1) is 0 Å². The first-order valence-corrected chi connectivity index (χ1v) is 7.26. The summed E-state index contributed by atoms with van der Waals surface area (Å²) in [7, 11) is 0. The van der Waals surface area contributed by atoms with Crippen molar-refractivity contribution in [1.29, 1.82) is 0 Å². The van der Waals surface area contributed by atoms with E-state index in [2.05, 4.69) is 12.2 Å². The molecule has 3 rings (SSSR count). The second-order valence-electron chi connectivity index (χ2n) is 5.63. The van der Waals surface area contributed by atoms with Crippen LogP contribution in [0.1, 0.15) is 31.9 Å². The van der Waals surface area contributed by atoms with Gasteiger partial charge in [0.2, 0.25) is 5.91 Å². The van der Waals surface area contributed by atoms with Crippen molar-refractivity contribution in [1.82, 2.24) is 5.32 Å². The minimum atomic E-state index is -0.260. The third-order valence-electron chi connectivity index (χ3n) is 4.21. The van der Waals surface area contributed by atoms with Crippen LogP contribution in [0.3, 0.4) is 0 Å². The van der Waals surface area contributed by atoms with Crippen molar-refractivity contribution in [3.05, 3.63) is 48.0 Å². The quantitative estimate of drug-likeness (QED) is 0.932. The Morgan fingerprint density at radius 1 is 1.24 bits per heavy atom. The normalized spacial score (nSPS) is 21.5. The van der Waals surface area contributed by atoms with E-state index < -0.39 is 0 Å². The fraction of sp³-hybridized carbons (Fsp3) is 0.353. The lowest BCUT2D eigenvalue weighted by atomic mass is 9.89. The molecule has 4 heteroatoms. The van der Waals surface area contributed by atoms with Gasteiger partial charge in [-0.05, 0) is 49.2 Å². The van der Waals surface area contributed by atoms with E-state index in [9.17, 15) is 9.18 Å². The van der Waals surface area contributed by atoms with Crippen LogP contribution in [0, 0.1) is 5.82 Å². The van der Waals surface area contributed by atoms with E-state index in [4.69, 9.17) is 4.42 Å². The number of carbonyl (C=O) groups is 1. The van der Waals surface area contributed by atoms with Gasteiger partial charge in [-0.3, -0.25) is 4.79 Å². The number of benzene rings is 1. The monoisotopic (exact) mass is 287 g/mol. The Morgan fingerprint density at radius 3 is 2.62 bits per heavy atom. The zero-order valence-electron chi connectivity index (χ0n) is 12.0. The van der Waals surface area contributed by atoms with Gasteiger partial charge in [0.25, 0.3) is 0 Å². The second-order valence-corrected chi connectivity index (χ2v) is 5.63. The van der Waals surface area contributed by atoms with Gasteiger partial charge in [-0.1, -0.05) is 6.92 Å². The number of halogens is 1. The van der Waals surface area contributed by atoms with Gasteiger partial charge < -0.3 is 9.73 Å². The summed E-state index contributed by atoms with van der Waals surface area (Å²) in [5, 5.41) is 3.07. The molecule has 0 aliphatic carbocycles. The molecule has 21 heavy (non-hydrogen) atoms. The molecule has 1 amide bonds. The zero-order valence-corrected chi connectivity index (χ0v) is 12.0. The fourth-order valence-electron chi connectivity index (χ4n) is 2.87. The van der Waals surface area contributed by atoms with Crippen LogP contribution in [-0.2, 0) is 11.2 Å². The number of carbonyl (C=O) groups excluding carboxylic acids is 1. The maximum Gasteiger partial charge on any atom is 0.220 e. The molecule has 3 nitrogen and oxygen atoms in total. The SMILES string of the molecule is CCC1(Cc2ccc(-c3ccc(F)cc3)o2)CCC(=O)N1. The van der Waals surface area contributed by atoms with Gasteiger partial charge in [0, 0.05) is 23.9 Å². The Morgan fingerprint density at radius 2 is 2.00 bits per heavy atom. The minimum Gasteiger partial charge on any atom is -0.461 e. The lowest BCUT2D eigenvalue weighted by Gasteiger charge is -2.26. The Hall–Kier alpha value is -2.10. The molecule has 1 N–H and O–H groups in total. The molecule has 1 atom stereocenters. The Bertz CT molecular complexity index is 647. The number of hydrogen-bond donors (Lipinski definition) is 1. The van der Waals surface area contributed by atoms with E-state index in [0.717, 1.165) is 29.9 Å². The highest BCUT2D eigenvalue weighted by Crippen LogP contribution is 2.30. The molecule has 0 saturated carbocycles. The maximum absolute atomic E-state index is 12.9. The van der Waals surface area contributed by atoms with Crippen LogP contribution >= 0.6 is 0 Å². The fourth-order valence-corrected chi connectivity index (χ4v) is 2.87. The third-order valence-corrected chi connectivity index (χ3v) is 4.21. The average molecular weight is 287 g/mol. The van der Waals surface area contributed by atoms with E-state index in [1.54, 1.807) is 12.1 Å². The zero-order chi connectivity index (χ0) is 14.9. The molecule has 1 aliphatic heterocycles. The van der Waals surface area contributed by atoms with Crippen LogP contribution in [0.15, 0.2) is 40.8 Å². The number of amides is 1. The van der Waals surface area contributed by atoms with E-state index >= 15 is 0 Å². The lowest BCUT2D eigenvalue weighted by Crippen LogP contribution is -2.42. The molecule has 1 aromatic carbocycles. The number of hydrogen-bond acceptors (Lipinski definition) is 2. The minimum absolute atomic E-state index is 0.113. The Balaban J connectivity index is 1.79. The summed E-state index contributed by atoms with van der Waals surface area (Å²) in [4.78, 5) is 11.5. The molecule has 1 aliphatic rings. The number of furan rings is 1. The molecule has 1 saturated heterocycles. The van der Waals surface area contributed by atoms with E-state index in [1.807, 2.05) is 12.1 Å². The van der Waals surface area contributed by atoms with Crippen molar-refractivity contribution >= 4 is 5.91 Å². The summed E-state index contributed by atoms with van der Waals surface area (Å²) in [6.45, 7) is 2.08. The molecule has 0 bridgehead atoms. The van der Waals surface area contributed by atoms with E-state index in [0.29, 0.717) is 12.8 Å². The number of rotatable bonds is 4. The average Bonchev–Trinajstić information content (AvgIpc) is 3.08. The van der Waals surface area contributed by atoms with E-state index in [1.165, 1.54) is 12.1 Å². The van der Waals surface area contributed by atoms with Crippen molar-refractivity contribution in [3.8, 4) is 11.3 Å². The largest absolute Gasteiger partial charge is 0.461 e. The first kappa shape index (κ1) is 13.9. The highest BCUT2D eigenvalue weighted by Gasteiger charge is 2.36. The summed E-state index contributed by atoms with van der Waals surface area (Å²) in [5.74, 6) is 1.42. The predicted molar refractivity (Wildman–Crippen MR) is 78.2 cm³/mol. The van der Waals surface area contributed by atoms with Crippen LogP contribution in [-0.4, -0.2) is 11.4 Å². The summed E-state index contributed by atoms with van der Waals surface area (Å²) in [5.41, 5.74) is 0.665. The van der Waals surface area contributed by atoms with Crippen LogP contribution < -0.4 is 5.32 Å². The molecule has 1 unspecified atom stereocenters. The van der Waals surface area contributed by atoms with E-state index in [-0.39, 0.29) is 17.3 Å². The van der Waals surface area contributed by atoms with Gasteiger partial charge in [0.05, 0.1) is 0 Å². The second kappa shape index (κ2) is 5.35. The van der Waals surface area contributed by atoms with Gasteiger partial charge in [-0.25, -0.2) is 4.39 Å². The summed E-state index contributed by atoms with van der Waals surface area (Å²) in [6, 6.07) is 10.1. The van der Waals surface area contributed by atoms with Crippen molar-refractivity contribution in [3.63, 3.8) is 0 Å². The third kappa shape index (κ3) is 2.84. The molecular weight excluding hydrogens is 269 g/mol. The lowest BCUT2D eigenvalue weighted by molar-refractivity contribution is -0.119. The number of nitrogens with one attached hydrogen (secondary N) is 1. The van der Waals surface area contributed by atoms with Gasteiger partial charge in [0.15, 0.2) is 0 Å². The smallest absolute Gasteiger partial charge is 0.220 e. The highest BCUT2D eigenvalue weighted by atomic mass is 19.1. The molecule has 0 radical (unpaired) electrons. The first-order chi connectivity index (χ1) is 10.1. The molecule has 110 valence electrons. The molecule has 2 heterocycles. The predicted octanol–water partition coefficient (Wildman–Crippen LogP) is 3.69. The van der Waals surface area contributed by atoms with Crippen LogP contribution in [0.4, 0.5) is 4.39 Å². The molecule has 0 spiro atoms. The van der Waals surface area contributed by atoms with Crippen molar-refractivity contribution in [2.24, 2.45) is 0 Å². The molecular formula is C17H18FNO2. The Kier molecular flexibility index (Phi) is 3.53. The standard InChI is InChI=1S/C17H18FNO2/c1-2-17(10-9-16(20)19-17)11-14-7-8-15(21-14)12-3-5-13(18)6-4-12/h3-8H,2,9-11H2,1H3,(H,19,20). The maximum atomic E-state index is 12.9. The summed E-state index contributed by atoms with van der Waals surface area (Å²) in [6.07, 6.45) is 3.00. The van der Waals surface area contributed by atoms with Crippen LogP contribution in [0.5, 0.6) is 0 Å². The van der Waals surface area contributed by atoms with Crippen molar-refractivity contribution in [2.45, 2.75) is 38.1 Å². The molecule has 1 fully saturated rings. The highest BCUT2D eigenvalue weighted by molar-refractivity contribution is 5.79. The van der Waals surface area contributed by atoms with Gasteiger partial charge in [0.1, 0.15) is 17.3 Å². The van der Waals surface area contributed by atoms with Crippen molar-refractivity contribution < 1.29 is 13.6 Å². The molecule has 1 aromatic heterocycles. The summed E-state index contributed by atoms with van der Waals surface area (Å²) < 4.78 is 18.8. The van der Waals surface area contributed by atoms with Gasteiger partial charge in [-0.2, -0.15) is 0 Å². The molecule has 2 aromatic rings. The van der Waals surface area contributed by atoms with Crippen LogP contribution in [0.2, 0.25) is 0 Å². The van der Waals surface area contributed by atoms with Crippen molar-refractivity contribution in [2.75, 3.05) is 0 Å². The topological polar surface area (TPSA) is 42.2 Å².